The number of amides is 2. The Labute approximate surface area is 214 Å². The van der Waals surface area contributed by atoms with Gasteiger partial charge in [0, 0.05) is 19.0 Å². The summed E-state index contributed by atoms with van der Waals surface area (Å²) in [7, 11) is 0. The molecule has 35 heavy (non-hydrogen) atoms. The molecule has 2 amide bonds. The summed E-state index contributed by atoms with van der Waals surface area (Å²) in [6.45, 7) is 9.77. The predicted octanol–water partition coefficient (Wildman–Crippen LogP) is 7.49. The highest BCUT2D eigenvalue weighted by atomic mass is 16.6. The number of rotatable bonds is 17. The number of hydrogen-bond donors (Lipinski definition) is 2. The first-order chi connectivity index (χ1) is 16.7. The molecule has 0 rings (SSSR count). The van der Waals surface area contributed by atoms with E-state index < -0.39 is 11.7 Å². The third-order valence-corrected chi connectivity index (χ3v) is 4.49. The van der Waals surface area contributed by atoms with Crippen LogP contribution in [0.15, 0.2) is 72.9 Å². The molecule has 0 bridgehead atoms. The first kappa shape index (κ1) is 32.2. The maximum atomic E-state index is 12.0. The lowest BCUT2D eigenvalue weighted by molar-refractivity contribution is -0.121. The van der Waals surface area contributed by atoms with E-state index >= 15 is 0 Å². The van der Waals surface area contributed by atoms with Crippen LogP contribution in [0, 0.1) is 0 Å². The number of ether oxygens (including phenoxy) is 1. The minimum atomic E-state index is -0.532. The van der Waals surface area contributed by atoms with Crippen LogP contribution < -0.4 is 10.6 Å². The molecule has 1 unspecified atom stereocenters. The van der Waals surface area contributed by atoms with Gasteiger partial charge in [-0.15, -0.1) is 0 Å². The van der Waals surface area contributed by atoms with Crippen molar-refractivity contribution in [3.8, 4) is 0 Å². The second-order valence-corrected chi connectivity index (χ2v) is 9.31. The van der Waals surface area contributed by atoms with E-state index in [1.807, 2.05) is 33.8 Å². The Morgan fingerprint density at radius 1 is 0.743 bits per heavy atom. The summed E-state index contributed by atoms with van der Waals surface area (Å²) < 4.78 is 5.18. The van der Waals surface area contributed by atoms with Crippen LogP contribution in [0.25, 0.3) is 0 Å². The van der Waals surface area contributed by atoms with Crippen LogP contribution >= 0.6 is 0 Å². The molecule has 0 saturated carbocycles. The molecule has 2 N–H and O–H groups in total. The van der Waals surface area contributed by atoms with Crippen LogP contribution in [0.3, 0.4) is 0 Å². The average molecular weight is 485 g/mol. The fourth-order valence-corrected chi connectivity index (χ4v) is 2.80. The molecule has 0 aromatic rings. The van der Waals surface area contributed by atoms with Gasteiger partial charge >= 0.3 is 6.09 Å². The topological polar surface area (TPSA) is 67.4 Å². The first-order valence-corrected chi connectivity index (χ1v) is 12.9. The van der Waals surface area contributed by atoms with E-state index in [9.17, 15) is 9.59 Å². The average Bonchev–Trinajstić information content (AvgIpc) is 2.78. The first-order valence-electron chi connectivity index (χ1n) is 12.9. The standard InChI is InChI=1S/C30H48N2O3/c1-6-7-8-9-10-11-12-13-14-15-16-17-18-19-20-21-22-23-24-25-28(33)32-27(2)26-31-29(34)35-30(3,4)5/h7-8,10-11,13-14,16-17,19-20,22-23,27H,6,9,12,15,18,21,24-26H2,1-5H3,(H,31,34)(H,32,33)/b8-7-,11-10-,14-13-,17-16-,20-19-,23-22-. The van der Waals surface area contributed by atoms with Gasteiger partial charge in [0.15, 0.2) is 0 Å². The summed E-state index contributed by atoms with van der Waals surface area (Å²) in [4.78, 5) is 23.6. The summed E-state index contributed by atoms with van der Waals surface area (Å²) in [5.41, 5.74) is -0.532. The minimum absolute atomic E-state index is 0.0250. The van der Waals surface area contributed by atoms with E-state index in [0.29, 0.717) is 19.4 Å². The number of allylic oxidation sites excluding steroid dienone is 12. The predicted molar refractivity (Wildman–Crippen MR) is 149 cm³/mol. The molecule has 0 radical (unpaired) electrons. The van der Waals surface area contributed by atoms with Crippen molar-refractivity contribution < 1.29 is 14.3 Å². The molecule has 0 saturated heterocycles. The lowest BCUT2D eigenvalue weighted by Gasteiger charge is -2.21. The number of carbonyl (C=O) groups is 2. The van der Waals surface area contributed by atoms with Crippen LogP contribution in [0.4, 0.5) is 4.79 Å². The van der Waals surface area contributed by atoms with Gasteiger partial charge in [0.05, 0.1) is 0 Å². The van der Waals surface area contributed by atoms with Crippen molar-refractivity contribution >= 4 is 12.0 Å². The van der Waals surface area contributed by atoms with E-state index in [0.717, 1.165) is 38.5 Å². The number of carbonyl (C=O) groups excluding carboxylic acids is 2. The molecular weight excluding hydrogens is 436 g/mol. The van der Waals surface area contributed by atoms with Crippen molar-refractivity contribution in [3.63, 3.8) is 0 Å². The number of nitrogens with one attached hydrogen (secondary N) is 2. The molecule has 0 heterocycles. The van der Waals surface area contributed by atoms with Gasteiger partial charge in [-0.2, -0.15) is 0 Å². The Morgan fingerprint density at radius 3 is 1.60 bits per heavy atom. The third-order valence-electron chi connectivity index (χ3n) is 4.49. The van der Waals surface area contributed by atoms with Crippen molar-refractivity contribution in [2.75, 3.05) is 6.54 Å². The zero-order chi connectivity index (χ0) is 26.2. The lowest BCUT2D eigenvalue weighted by Crippen LogP contribution is -2.43. The Hall–Kier alpha value is -2.82. The van der Waals surface area contributed by atoms with Crippen LogP contribution in [0.1, 0.15) is 86.0 Å². The molecule has 0 aliphatic heterocycles. The van der Waals surface area contributed by atoms with Gasteiger partial charge in [-0.05, 0) is 72.6 Å². The SMILES string of the molecule is CC/C=C\C/C=C\C/C=C\C/C=C\C/C=C\C/C=C\CCC(=O)NC(C)CNC(=O)OC(C)(C)C. The molecule has 0 fully saturated rings. The molecule has 0 aromatic heterocycles. The highest BCUT2D eigenvalue weighted by Crippen LogP contribution is 2.06. The zero-order valence-corrected chi connectivity index (χ0v) is 22.6. The summed E-state index contributed by atoms with van der Waals surface area (Å²) in [5.74, 6) is -0.0250. The number of hydrogen-bond acceptors (Lipinski definition) is 3. The number of alkyl carbamates (subject to hydrolysis) is 1. The zero-order valence-electron chi connectivity index (χ0n) is 22.6. The van der Waals surface area contributed by atoms with Gasteiger partial charge in [0.1, 0.15) is 5.60 Å². The van der Waals surface area contributed by atoms with Crippen molar-refractivity contribution in [2.24, 2.45) is 0 Å². The van der Waals surface area contributed by atoms with Crippen LogP contribution in [-0.4, -0.2) is 30.2 Å². The fourth-order valence-electron chi connectivity index (χ4n) is 2.80. The fraction of sp³-hybridized carbons (Fsp3) is 0.533. The molecule has 0 aromatic carbocycles. The van der Waals surface area contributed by atoms with Gasteiger partial charge in [0.25, 0.3) is 0 Å². The molecule has 0 spiro atoms. The van der Waals surface area contributed by atoms with Gasteiger partial charge in [-0.25, -0.2) is 4.79 Å². The normalized spacial score (nSPS) is 13.7. The Bertz CT molecular complexity index is 737. The van der Waals surface area contributed by atoms with E-state index in [-0.39, 0.29) is 11.9 Å². The van der Waals surface area contributed by atoms with E-state index in [4.69, 9.17) is 4.74 Å². The van der Waals surface area contributed by atoms with E-state index in [2.05, 4.69) is 84.4 Å². The third kappa shape index (κ3) is 25.6. The molecule has 1 atom stereocenters. The quantitative estimate of drug-likeness (QED) is 0.210. The lowest BCUT2D eigenvalue weighted by atomic mass is 10.2. The van der Waals surface area contributed by atoms with Crippen molar-refractivity contribution in [3.05, 3.63) is 72.9 Å². The highest BCUT2D eigenvalue weighted by molar-refractivity contribution is 5.76. The van der Waals surface area contributed by atoms with Gasteiger partial charge < -0.3 is 15.4 Å². The van der Waals surface area contributed by atoms with Gasteiger partial charge in [0.2, 0.25) is 5.91 Å². The van der Waals surface area contributed by atoms with E-state index in [1.165, 1.54) is 0 Å². The van der Waals surface area contributed by atoms with Crippen molar-refractivity contribution in [2.45, 2.75) is 97.6 Å². The second-order valence-electron chi connectivity index (χ2n) is 9.31. The Morgan fingerprint density at radius 2 is 1.17 bits per heavy atom. The largest absolute Gasteiger partial charge is 0.444 e. The minimum Gasteiger partial charge on any atom is -0.444 e. The van der Waals surface area contributed by atoms with Crippen molar-refractivity contribution in [1.29, 1.82) is 0 Å². The summed E-state index contributed by atoms with van der Waals surface area (Å²) in [5, 5.41) is 5.55. The van der Waals surface area contributed by atoms with Crippen LogP contribution in [0.5, 0.6) is 0 Å². The molecular formula is C30H48N2O3. The maximum Gasteiger partial charge on any atom is 0.407 e. The molecule has 5 heteroatoms. The van der Waals surface area contributed by atoms with Crippen LogP contribution in [-0.2, 0) is 9.53 Å². The smallest absolute Gasteiger partial charge is 0.407 e. The highest BCUT2D eigenvalue weighted by Gasteiger charge is 2.16. The second kappa shape index (κ2) is 21.7. The monoisotopic (exact) mass is 484 g/mol. The summed E-state index contributed by atoms with van der Waals surface area (Å²) >= 11 is 0. The van der Waals surface area contributed by atoms with E-state index in [1.54, 1.807) is 0 Å². The van der Waals surface area contributed by atoms with Crippen LogP contribution in [0.2, 0.25) is 0 Å². The molecule has 0 aliphatic carbocycles. The summed E-state index contributed by atoms with van der Waals surface area (Å²) in [6.07, 6.45) is 32.5. The molecule has 0 aliphatic rings. The molecule has 5 nitrogen and oxygen atoms in total. The van der Waals surface area contributed by atoms with Gasteiger partial charge in [-0.3, -0.25) is 4.79 Å². The Balaban J connectivity index is 3.75. The molecule has 196 valence electrons. The van der Waals surface area contributed by atoms with Crippen molar-refractivity contribution in [1.82, 2.24) is 10.6 Å². The Kier molecular flexibility index (Phi) is 19.9. The summed E-state index contributed by atoms with van der Waals surface area (Å²) in [6, 6.07) is -0.153. The van der Waals surface area contributed by atoms with Gasteiger partial charge in [-0.1, -0.05) is 79.8 Å². The maximum absolute atomic E-state index is 12.0.